The van der Waals surface area contributed by atoms with E-state index < -0.39 is 23.3 Å². The molecule has 0 aliphatic carbocycles. The lowest BCUT2D eigenvalue weighted by atomic mass is 9.82. The SMILES string of the molecule is CCCCc1ccc(N(c2ccc(N(c3ccc(NC(N)(N)C(N)(N)C(N)(N)C(N)N)cc3)c3ccc(C(C)C)cc3)cc2)c2ccc(C(C)(C)CC)cc2)cc1. The van der Waals surface area contributed by atoms with E-state index in [9.17, 15) is 0 Å². The van der Waals surface area contributed by atoms with E-state index in [0.29, 0.717) is 11.6 Å². The van der Waals surface area contributed by atoms with Crippen LogP contribution in [0.4, 0.5) is 39.8 Å². The summed E-state index contributed by atoms with van der Waals surface area (Å²) in [7, 11) is 0. The van der Waals surface area contributed by atoms with Crippen molar-refractivity contribution in [3.8, 4) is 0 Å². The molecule has 0 aliphatic rings. The molecule has 17 N–H and O–H groups in total. The van der Waals surface area contributed by atoms with Crippen molar-refractivity contribution in [3.05, 3.63) is 138 Å². The van der Waals surface area contributed by atoms with E-state index in [1.165, 1.54) is 29.5 Å². The molecule has 0 heterocycles. The Kier molecular flexibility index (Phi) is 13.2. The van der Waals surface area contributed by atoms with Gasteiger partial charge in [0.25, 0.3) is 0 Å². The van der Waals surface area contributed by atoms with Crippen LogP contribution >= 0.6 is 0 Å². The van der Waals surface area contributed by atoms with Gasteiger partial charge in [-0.05, 0) is 132 Å². The number of nitrogens with two attached hydrogens (primary N) is 8. The van der Waals surface area contributed by atoms with Crippen molar-refractivity contribution in [2.24, 2.45) is 45.9 Å². The van der Waals surface area contributed by atoms with Crippen LogP contribution in [-0.2, 0) is 11.8 Å². The second kappa shape index (κ2) is 17.4. The minimum Gasteiger partial charge on any atom is -0.353 e. The molecule has 11 heteroatoms. The molecule has 0 unspecified atom stereocenters. The molecular formula is C46H65N11. The first-order chi connectivity index (χ1) is 26.8. The van der Waals surface area contributed by atoms with Crippen LogP contribution in [0.15, 0.2) is 121 Å². The van der Waals surface area contributed by atoms with Crippen LogP contribution in [0.5, 0.6) is 0 Å². The molecule has 5 rings (SSSR count). The fourth-order valence-corrected chi connectivity index (χ4v) is 6.78. The largest absolute Gasteiger partial charge is 0.353 e. The third-order valence-corrected chi connectivity index (χ3v) is 11.4. The molecule has 0 amide bonds. The van der Waals surface area contributed by atoms with Gasteiger partial charge in [-0.1, -0.05) is 84.4 Å². The van der Waals surface area contributed by atoms with Gasteiger partial charge in [-0.15, -0.1) is 0 Å². The molecule has 11 nitrogen and oxygen atoms in total. The van der Waals surface area contributed by atoms with Crippen molar-refractivity contribution in [3.63, 3.8) is 0 Å². The smallest absolute Gasteiger partial charge is 0.174 e. The van der Waals surface area contributed by atoms with Crippen molar-refractivity contribution in [2.45, 2.75) is 102 Å². The predicted molar refractivity (Wildman–Crippen MR) is 241 cm³/mol. The summed E-state index contributed by atoms with van der Waals surface area (Å²) in [6.07, 6.45) is 3.17. The number of benzene rings is 5. The predicted octanol–water partition coefficient (Wildman–Crippen LogP) is 7.23. The molecule has 5 aromatic rings. The molecule has 0 radical (unpaired) electrons. The normalized spacial score (nSPS) is 12.6. The van der Waals surface area contributed by atoms with Crippen LogP contribution in [0.1, 0.15) is 83.4 Å². The lowest BCUT2D eigenvalue weighted by molar-refractivity contribution is 0.116. The number of unbranched alkanes of at least 4 members (excludes halogenated alkanes) is 1. The monoisotopic (exact) mass is 772 g/mol. The minimum atomic E-state index is -2.11. The van der Waals surface area contributed by atoms with Gasteiger partial charge in [-0.2, -0.15) is 0 Å². The molecule has 0 fully saturated rings. The Hall–Kier alpha value is -4.82. The highest BCUT2D eigenvalue weighted by Crippen LogP contribution is 2.40. The number of anilines is 7. The van der Waals surface area contributed by atoms with Crippen molar-refractivity contribution in [2.75, 3.05) is 15.1 Å². The van der Waals surface area contributed by atoms with Crippen LogP contribution in [0, 0.1) is 0 Å². The Morgan fingerprint density at radius 1 is 0.561 bits per heavy atom. The first kappa shape index (κ1) is 43.3. The summed E-state index contributed by atoms with van der Waals surface area (Å²) in [6, 6.07) is 42.7. The highest BCUT2D eigenvalue weighted by Gasteiger charge is 2.55. The zero-order chi connectivity index (χ0) is 41.8. The first-order valence-corrected chi connectivity index (χ1v) is 20.0. The Labute approximate surface area is 339 Å². The van der Waals surface area contributed by atoms with E-state index in [4.69, 9.17) is 45.9 Å². The third kappa shape index (κ3) is 9.33. The Balaban J connectivity index is 1.53. The van der Waals surface area contributed by atoms with Gasteiger partial charge in [0.05, 0.1) is 6.17 Å². The second-order valence-corrected chi connectivity index (χ2v) is 16.4. The lowest BCUT2D eigenvalue weighted by Gasteiger charge is -2.50. The van der Waals surface area contributed by atoms with Gasteiger partial charge in [0.15, 0.2) is 11.4 Å². The van der Waals surface area contributed by atoms with Gasteiger partial charge in [-0.3, -0.25) is 11.5 Å². The van der Waals surface area contributed by atoms with Crippen molar-refractivity contribution >= 4 is 39.8 Å². The van der Waals surface area contributed by atoms with Crippen LogP contribution in [-0.4, -0.2) is 23.3 Å². The molecule has 5 aromatic carbocycles. The number of rotatable bonds is 17. The fourth-order valence-electron chi connectivity index (χ4n) is 6.78. The number of nitrogens with zero attached hydrogens (tertiary/aromatic N) is 2. The molecule has 57 heavy (non-hydrogen) atoms. The maximum Gasteiger partial charge on any atom is 0.174 e. The summed E-state index contributed by atoms with van der Waals surface area (Å²) in [6.45, 7) is 13.4. The fraction of sp³-hybridized carbons (Fsp3) is 0.348. The van der Waals surface area contributed by atoms with Crippen LogP contribution < -0.4 is 61.0 Å². The molecule has 304 valence electrons. The summed E-state index contributed by atoms with van der Waals surface area (Å²) in [5.74, 6) is -1.60. The topological polar surface area (TPSA) is 227 Å². The highest BCUT2D eigenvalue weighted by atomic mass is 15.4. The average molecular weight is 772 g/mol. The summed E-state index contributed by atoms with van der Waals surface area (Å²) in [5, 5.41) is 2.97. The summed E-state index contributed by atoms with van der Waals surface area (Å²) >= 11 is 0. The number of aryl methyl sites for hydroxylation is 1. The number of hydrogen-bond donors (Lipinski definition) is 9. The van der Waals surface area contributed by atoms with E-state index in [1.54, 1.807) is 0 Å². The van der Waals surface area contributed by atoms with Crippen molar-refractivity contribution in [1.29, 1.82) is 0 Å². The molecule has 0 aromatic heterocycles. The Morgan fingerprint density at radius 2 is 0.947 bits per heavy atom. The number of hydrogen-bond acceptors (Lipinski definition) is 11. The van der Waals surface area contributed by atoms with Crippen LogP contribution in [0.25, 0.3) is 0 Å². The quantitative estimate of drug-likeness (QED) is 0.0428. The zero-order valence-corrected chi connectivity index (χ0v) is 34.5. The van der Waals surface area contributed by atoms with Gasteiger partial charge < -0.3 is 49.5 Å². The summed E-state index contributed by atoms with van der Waals surface area (Å²) < 4.78 is 0. The molecule has 0 saturated heterocycles. The minimum absolute atomic E-state index is 0.0909. The van der Waals surface area contributed by atoms with Crippen LogP contribution in [0.3, 0.4) is 0 Å². The van der Waals surface area contributed by atoms with Crippen molar-refractivity contribution < 1.29 is 0 Å². The van der Waals surface area contributed by atoms with Gasteiger partial charge in [0.2, 0.25) is 0 Å². The van der Waals surface area contributed by atoms with Crippen LogP contribution in [0.2, 0.25) is 0 Å². The van der Waals surface area contributed by atoms with E-state index in [1.807, 2.05) is 24.3 Å². The third-order valence-electron chi connectivity index (χ3n) is 11.4. The first-order valence-electron chi connectivity index (χ1n) is 20.0. The maximum absolute atomic E-state index is 6.38. The molecule has 0 spiro atoms. The van der Waals surface area contributed by atoms with Gasteiger partial charge >= 0.3 is 0 Å². The molecule has 0 saturated carbocycles. The van der Waals surface area contributed by atoms with E-state index >= 15 is 0 Å². The molecule has 0 bridgehead atoms. The molecular weight excluding hydrogens is 707 g/mol. The molecule has 0 aliphatic heterocycles. The van der Waals surface area contributed by atoms with E-state index in [0.717, 1.165) is 47.0 Å². The summed E-state index contributed by atoms with van der Waals surface area (Å²) in [4.78, 5) is 4.51. The Bertz CT molecular complexity index is 2020. The highest BCUT2D eigenvalue weighted by molar-refractivity contribution is 5.81. The van der Waals surface area contributed by atoms with Gasteiger partial charge in [0.1, 0.15) is 5.66 Å². The van der Waals surface area contributed by atoms with Gasteiger partial charge in [-0.25, -0.2) is 0 Å². The molecule has 0 atom stereocenters. The maximum atomic E-state index is 6.38. The van der Waals surface area contributed by atoms with Gasteiger partial charge in [0, 0.05) is 39.8 Å². The summed E-state index contributed by atoms with van der Waals surface area (Å²) in [5.41, 5.74) is 55.6. The number of nitrogens with one attached hydrogen (secondary N) is 1. The second-order valence-electron chi connectivity index (χ2n) is 16.4. The zero-order valence-electron chi connectivity index (χ0n) is 34.5. The van der Waals surface area contributed by atoms with E-state index in [-0.39, 0.29) is 5.41 Å². The van der Waals surface area contributed by atoms with Crippen molar-refractivity contribution in [1.82, 2.24) is 0 Å². The Morgan fingerprint density at radius 3 is 1.33 bits per heavy atom. The average Bonchev–Trinajstić information content (AvgIpc) is 3.19. The lowest BCUT2D eigenvalue weighted by Crippen LogP contribution is -2.95. The standard InChI is InChI=1S/C46H65N11/c1-7-9-10-32-11-19-36(20-12-32)56(38-23-15-34(16-24-38)43(5,6)8-2)40-27-29-41(30-28-40)57(37-21-13-33(14-22-37)31(3)4)39-25-17-35(18-26-39)55-46(53,54)45(51,52)44(49,50)42(47)48/h11-31,42,55H,7-10,47-54H2,1-6H3. The van der Waals surface area contributed by atoms with E-state index in [2.05, 4.69) is 154 Å².